The molecule has 0 amide bonds. The molecule has 1 aromatic rings. The summed E-state index contributed by atoms with van der Waals surface area (Å²) in [6, 6.07) is 4.64. The molecule has 1 unspecified atom stereocenters. The minimum absolute atomic E-state index is 0.0814. The van der Waals surface area contributed by atoms with Crippen LogP contribution in [0.15, 0.2) is 24.3 Å². The molecule has 0 spiro atoms. The number of likely N-dealkylation sites (N-methyl/N-ethyl adjacent to an activating group) is 1. The van der Waals surface area contributed by atoms with Crippen LogP contribution in [0.2, 0.25) is 0 Å². The number of carboxylic acid groups (broad SMARTS) is 1. The number of rotatable bonds is 2. The third-order valence-electron chi connectivity index (χ3n) is 3.82. The van der Waals surface area contributed by atoms with Crippen LogP contribution in [0.1, 0.15) is 29.9 Å². The number of benzene rings is 1. The van der Waals surface area contributed by atoms with Gasteiger partial charge in [-0.1, -0.05) is 12.1 Å². The van der Waals surface area contributed by atoms with Gasteiger partial charge in [0.25, 0.3) is 0 Å². The summed E-state index contributed by atoms with van der Waals surface area (Å²) in [6.45, 7) is 0.544. The normalized spacial score (nSPS) is 24.6. The monoisotopic (exact) mass is 287 g/mol. The number of aliphatic carboxylic acids is 1. The number of hydrogen-bond acceptors (Lipinski definition) is 2. The molecule has 2 rings (SSSR count). The topological polar surface area (TPSA) is 40.5 Å². The summed E-state index contributed by atoms with van der Waals surface area (Å²) in [7, 11) is 1.73. The van der Waals surface area contributed by atoms with Gasteiger partial charge in [0.2, 0.25) is 0 Å². The summed E-state index contributed by atoms with van der Waals surface area (Å²) >= 11 is 0. The first kappa shape index (κ1) is 14.8. The van der Waals surface area contributed by atoms with Gasteiger partial charge in [-0.25, -0.2) is 0 Å². The fourth-order valence-corrected chi connectivity index (χ4v) is 2.67. The van der Waals surface area contributed by atoms with Crippen LogP contribution in [0, 0.1) is 0 Å². The van der Waals surface area contributed by atoms with E-state index >= 15 is 0 Å². The summed E-state index contributed by atoms with van der Waals surface area (Å²) in [6.07, 6.45) is -3.14. The van der Waals surface area contributed by atoms with Gasteiger partial charge >= 0.3 is 12.1 Å². The van der Waals surface area contributed by atoms with Crippen molar-refractivity contribution in [1.82, 2.24) is 4.90 Å². The number of carboxylic acids is 1. The molecule has 0 saturated carbocycles. The van der Waals surface area contributed by atoms with E-state index in [0.717, 1.165) is 17.7 Å². The van der Waals surface area contributed by atoms with Gasteiger partial charge in [-0.2, -0.15) is 13.2 Å². The first-order valence-corrected chi connectivity index (χ1v) is 6.39. The van der Waals surface area contributed by atoms with Crippen molar-refractivity contribution in [3.63, 3.8) is 0 Å². The Balaban J connectivity index is 2.08. The van der Waals surface area contributed by atoms with Crippen molar-refractivity contribution < 1.29 is 23.1 Å². The van der Waals surface area contributed by atoms with E-state index < -0.39 is 23.8 Å². The van der Waals surface area contributed by atoms with Gasteiger partial charge < -0.3 is 5.11 Å². The molecule has 20 heavy (non-hydrogen) atoms. The van der Waals surface area contributed by atoms with Crippen LogP contribution in [-0.4, -0.2) is 35.6 Å². The first-order valence-electron chi connectivity index (χ1n) is 6.39. The third kappa shape index (κ3) is 3.12. The largest absolute Gasteiger partial charge is 0.480 e. The van der Waals surface area contributed by atoms with E-state index in [9.17, 15) is 18.0 Å². The summed E-state index contributed by atoms with van der Waals surface area (Å²) in [5.74, 6) is -0.767. The fourth-order valence-electron chi connectivity index (χ4n) is 2.67. The second kappa shape index (κ2) is 5.44. The van der Waals surface area contributed by atoms with Crippen LogP contribution in [0.3, 0.4) is 0 Å². The number of hydrogen-bond donors (Lipinski definition) is 1. The molecule has 1 saturated heterocycles. The highest BCUT2D eigenvalue weighted by Crippen LogP contribution is 2.33. The SMILES string of the molecule is CN1CC(c2ccc(C(F)(F)F)cc2)CC[C@H]1C(=O)O. The Kier molecular flexibility index (Phi) is 4.04. The quantitative estimate of drug-likeness (QED) is 0.909. The molecule has 1 N–H and O–H groups in total. The van der Waals surface area contributed by atoms with Crippen LogP contribution >= 0.6 is 0 Å². The van der Waals surface area contributed by atoms with Crippen LogP contribution < -0.4 is 0 Å². The van der Waals surface area contributed by atoms with Gasteiger partial charge in [-0.3, -0.25) is 9.69 Å². The zero-order valence-electron chi connectivity index (χ0n) is 11.0. The number of carbonyl (C=O) groups is 1. The maximum atomic E-state index is 12.5. The minimum Gasteiger partial charge on any atom is -0.480 e. The number of nitrogens with zero attached hydrogens (tertiary/aromatic N) is 1. The van der Waals surface area contributed by atoms with E-state index in [2.05, 4.69) is 0 Å². The van der Waals surface area contributed by atoms with Gasteiger partial charge in [0.05, 0.1) is 5.56 Å². The van der Waals surface area contributed by atoms with Crippen LogP contribution in [0.5, 0.6) is 0 Å². The highest BCUT2D eigenvalue weighted by Gasteiger charge is 2.33. The van der Waals surface area contributed by atoms with Crippen LogP contribution in [0.4, 0.5) is 13.2 Å². The molecule has 3 nitrogen and oxygen atoms in total. The molecular weight excluding hydrogens is 271 g/mol. The summed E-state index contributed by atoms with van der Waals surface area (Å²) in [5.41, 5.74) is 0.169. The first-order chi connectivity index (χ1) is 9.29. The van der Waals surface area contributed by atoms with Crippen molar-refractivity contribution in [2.45, 2.75) is 31.0 Å². The molecule has 0 bridgehead atoms. The molecule has 1 aromatic carbocycles. The Labute approximate surface area is 115 Å². The van der Waals surface area contributed by atoms with E-state index in [-0.39, 0.29) is 5.92 Å². The second-order valence-electron chi connectivity index (χ2n) is 5.19. The zero-order chi connectivity index (χ0) is 14.9. The predicted molar refractivity (Wildman–Crippen MR) is 67.5 cm³/mol. The van der Waals surface area contributed by atoms with Gasteiger partial charge in [0.1, 0.15) is 6.04 Å². The summed E-state index contributed by atoms with van der Waals surface area (Å²) in [5, 5.41) is 9.02. The highest BCUT2D eigenvalue weighted by molar-refractivity contribution is 5.73. The van der Waals surface area contributed by atoms with E-state index in [1.54, 1.807) is 11.9 Å². The average Bonchev–Trinajstić information content (AvgIpc) is 2.37. The lowest BCUT2D eigenvalue weighted by molar-refractivity contribution is -0.144. The molecule has 1 aliphatic rings. The predicted octanol–water partition coefficient (Wildman–Crippen LogP) is 2.97. The smallest absolute Gasteiger partial charge is 0.416 e. The van der Waals surface area contributed by atoms with Gasteiger partial charge in [-0.15, -0.1) is 0 Å². The number of halogens is 3. The van der Waals surface area contributed by atoms with Gasteiger partial charge in [0.15, 0.2) is 0 Å². The molecule has 1 heterocycles. The number of alkyl halides is 3. The zero-order valence-corrected chi connectivity index (χ0v) is 11.0. The average molecular weight is 287 g/mol. The molecule has 1 fully saturated rings. The Hall–Kier alpha value is -1.56. The molecule has 6 heteroatoms. The molecule has 0 aliphatic carbocycles. The summed E-state index contributed by atoms with van der Waals surface area (Å²) < 4.78 is 37.5. The standard InChI is InChI=1S/C14H16F3NO2/c1-18-8-10(4-7-12(18)13(19)20)9-2-5-11(6-3-9)14(15,16)17/h2-3,5-6,10,12H,4,7-8H2,1H3,(H,19,20)/t10?,12-/m0/s1. The van der Waals surface area contributed by atoms with Crippen molar-refractivity contribution in [2.24, 2.45) is 0 Å². The van der Waals surface area contributed by atoms with Crippen molar-refractivity contribution in [1.29, 1.82) is 0 Å². The second-order valence-corrected chi connectivity index (χ2v) is 5.19. The molecule has 0 radical (unpaired) electrons. The maximum Gasteiger partial charge on any atom is 0.416 e. The lowest BCUT2D eigenvalue weighted by Crippen LogP contribution is -2.44. The van der Waals surface area contributed by atoms with Crippen molar-refractivity contribution in [2.75, 3.05) is 13.6 Å². The molecule has 0 aromatic heterocycles. The van der Waals surface area contributed by atoms with Gasteiger partial charge in [0, 0.05) is 6.54 Å². The van der Waals surface area contributed by atoms with Crippen molar-refractivity contribution >= 4 is 5.97 Å². The maximum absolute atomic E-state index is 12.5. The summed E-state index contributed by atoms with van der Waals surface area (Å²) in [4.78, 5) is 12.7. The minimum atomic E-state index is -4.32. The van der Waals surface area contributed by atoms with Gasteiger partial charge in [-0.05, 0) is 43.5 Å². The Bertz CT molecular complexity index is 484. The van der Waals surface area contributed by atoms with Crippen LogP contribution in [0.25, 0.3) is 0 Å². The van der Waals surface area contributed by atoms with Crippen LogP contribution in [-0.2, 0) is 11.0 Å². The fraction of sp³-hybridized carbons (Fsp3) is 0.500. The number of piperidine rings is 1. The Morgan fingerprint density at radius 3 is 2.30 bits per heavy atom. The Morgan fingerprint density at radius 1 is 1.25 bits per heavy atom. The van der Waals surface area contributed by atoms with E-state index in [1.165, 1.54) is 12.1 Å². The highest BCUT2D eigenvalue weighted by atomic mass is 19.4. The molecule has 110 valence electrons. The Morgan fingerprint density at radius 2 is 1.85 bits per heavy atom. The van der Waals surface area contributed by atoms with E-state index in [4.69, 9.17) is 5.11 Å². The number of likely N-dealkylation sites (tertiary alicyclic amines) is 1. The van der Waals surface area contributed by atoms with E-state index in [1.807, 2.05) is 0 Å². The third-order valence-corrected chi connectivity index (χ3v) is 3.82. The lowest BCUT2D eigenvalue weighted by atomic mass is 9.87. The van der Waals surface area contributed by atoms with Crippen molar-refractivity contribution in [3.05, 3.63) is 35.4 Å². The molecule has 1 aliphatic heterocycles. The molecular formula is C14H16F3NO2. The lowest BCUT2D eigenvalue weighted by Gasteiger charge is -2.35. The molecule has 2 atom stereocenters. The van der Waals surface area contributed by atoms with E-state index in [0.29, 0.717) is 19.4 Å². The van der Waals surface area contributed by atoms with Crippen molar-refractivity contribution in [3.8, 4) is 0 Å².